The molecule has 1 atom stereocenters. The highest BCUT2D eigenvalue weighted by molar-refractivity contribution is 5.89. The fraction of sp³-hybridized carbons (Fsp3) is 0.500. The van der Waals surface area contributed by atoms with Crippen molar-refractivity contribution in [2.24, 2.45) is 0 Å². The zero-order valence-electron chi connectivity index (χ0n) is 11.2. The molecule has 0 radical (unpaired) electrons. The van der Waals surface area contributed by atoms with Crippen molar-refractivity contribution < 1.29 is 19.0 Å². The van der Waals surface area contributed by atoms with Crippen molar-refractivity contribution in [1.29, 1.82) is 0 Å². The maximum Gasteiger partial charge on any atom is 0.322 e. The van der Waals surface area contributed by atoms with Crippen LogP contribution in [-0.2, 0) is 0 Å². The van der Waals surface area contributed by atoms with E-state index in [9.17, 15) is 14.3 Å². The van der Waals surface area contributed by atoms with E-state index < -0.39 is 6.67 Å². The molecule has 1 unspecified atom stereocenters. The lowest BCUT2D eigenvalue weighted by Crippen LogP contribution is -2.40. The summed E-state index contributed by atoms with van der Waals surface area (Å²) in [5.41, 5.74) is 0.593. The van der Waals surface area contributed by atoms with Gasteiger partial charge in [0.15, 0.2) is 0 Å². The van der Waals surface area contributed by atoms with Gasteiger partial charge in [-0.1, -0.05) is 6.07 Å². The number of rotatable bonds is 5. The summed E-state index contributed by atoms with van der Waals surface area (Å²) in [6.45, 7) is 0.0703. The summed E-state index contributed by atoms with van der Waals surface area (Å²) in [4.78, 5) is 13.7. The molecule has 0 spiro atoms. The minimum Gasteiger partial charge on any atom is -0.491 e. The molecule has 1 aromatic carbocycles. The molecule has 1 heterocycles. The number of nitrogens with zero attached hydrogens (tertiary/aromatic N) is 1. The second-order valence-corrected chi connectivity index (χ2v) is 4.67. The third-order valence-corrected chi connectivity index (χ3v) is 3.28. The lowest BCUT2D eigenvalue weighted by Gasteiger charge is -2.23. The number of urea groups is 1. The highest BCUT2D eigenvalue weighted by atomic mass is 19.1. The molecule has 0 aromatic heterocycles. The standard InChI is InChI=1S/C14H19FN2O3/c15-6-8-20-13-5-1-3-11(9-13)16-14(19)17-7-2-4-12(17)10-18/h1,3,5,9,12,18H,2,4,6-8,10H2,(H,16,19). The molecule has 1 aromatic rings. The SMILES string of the molecule is O=C(Nc1cccc(OCCF)c1)N1CCCC1CO. The van der Waals surface area contributed by atoms with Crippen molar-refractivity contribution in [2.45, 2.75) is 18.9 Å². The van der Waals surface area contributed by atoms with Crippen LogP contribution >= 0.6 is 0 Å². The number of alkyl halides is 1. The molecule has 0 aliphatic carbocycles. The second-order valence-electron chi connectivity index (χ2n) is 4.67. The number of likely N-dealkylation sites (tertiary alicyclic amines) is 1. The fourth-order valence-corrected chi connectivity index (χ4v) is 2.31. The van der Waals surface area contributed by atoms with Gasteiger partial charge in [-0.3, -0.25) is 0 Å². The first-order valence-corrected chi connectivity index (χ1v) is 6.72. The summed E-state index contributed by atoms with van der Waals surface area (Å²) in [5, 5.41) is 12.0. The fourth-order valence-electron chi connectivity index (χ4n) is 2.31. The minimum absolute atomic E-state index is 0.00386. The average molecular weight is 282 g/mol. The number of nitrogens with one attached hydrogen (secondary N) is 1. The number of halogens is 1. The van der Waals surface area contributed by atoms with Crippen LogP contribution < -0.4 is 10.1 Å². The summed E-state index contributed by atoms with van der Waals surface area (Å²) in [6.07, 6.45) is 1.72. The lowest BCUT2D eigenvalue weighted by atomic mass is 10.2. The second kappa shape index (κ2) is 7.09. The van der Waals surface area contributed by atoms with E-state index in [0.717, 1.165) is 12.8 Å². The van der Waals surface area contributed by atoms with E-state index in [2.05, 4.69) is 5.32 Å². The van der Waals surface area contributed by atoms with Crippen molar-refractivity contribution in [3.05, 3.63) is 24.3 Å². The van der Waals surface area contributed by atoms with Gasteiger partial charge in [0.1, 0.15) is 19.0 Å². The van der Waals surface area contributed by atoms with Gasteiger partial charge in [-0.05, 0) is 25.0 Å². The third-order valence-electron chi connectivity index (χ3n) is 3.28. The van der Waals surface area contributed by atoms with E-state index >= 15 is 0 Å². The molecule has 2 rings (SSSR count). The molecule has 2 amide bonds. The topological polar surface area (TPSA) is 61.8 Å². The highest BCUT2D eigenvalue weighted by Gasteiger charge is 2.27. The number of hydrogen-bond donors (Lipinski definition) is 2. The smallest absolute Gasteiger partial charge is 0.322 e. The Kier molecular flexibility index (Phi) is 5.17. The molecule has 2 N–H and O–H groups in total. The molecular formula is C14H19FN2O3. The first-order chi connectivity index (χ1) is 9.74. The normalized spacial score (nSPS) is 18.1. The number of aliphatic hydroxyl groups is 1. The zero-order chi connectivity index (χ0) is 14.4. The Hall–Kier alpha value is -1.82. The molecule has 0 bridgehead atoms. The first-order valence-electron chi connectivity index (χ1n) is 6.72. The number of aliphatic hydroxyl groups excluding tert-OH is 1. The number of anilines is 1. The van der Waals surface area contributed by atoms with E-state index in [1.54, 1.807) is 29.2 Å². The Morgan fingerprint density at radius 1 is 1.55 bits per heavy atom. The quantitative estimate of drug-likeness (QED) is 0.868. The van der Waals surface area contributed by atoms with Crippen LogP contribution in [0.5, 0.6) is 5.75 Å². The Labute approximate surface area is 117 Å². The number of carbonyl (C=O) groups is 1. The van der Waals surface area contributed by atoms with E-state index in [-0.39, 0.29) is 25.3 Å². The first kappa shape index (κ1) is 14.6. The number of hydrogen-bond acceptors (Lipinski definition) is 3. The Balaban J connectivity index is 1.97. The Bertz CT molecular complexity index is 456. The maximum absolute atomic E-state index is 12.1. The van der Waals surface area contributed by atoms with Crippen molar-refractivity contribution in [3.63, 3.8) is 0 Å². The van der Waals surface area contributed by atoms with E-state index in [1.165, 1.54) is 0 Å². The average Bonchev–Trinajstić information content (AvgIpc) is 2.94. The van der Waals surface area contributed by atoms with E-state index in [4.69, 9.17) is 4.74 Å². The Morgan fingerprint density at radius 2 is 2.40 bits per heavy atom. The molecule has 1 aliphatic heterocycles. The van der Waals surface area contributed by atoms with Crippen molar-refractivity contribution >= 4 is 11.7 Å². The third kappa shape index (κ3) is 3.60. The van der Waals surface area contributed by atoms with Crippen LogP contribution in [0.1, 0.15) is 12.8 Å². The number of amides is 2. The van der Waals surface area contributed by atoms with Crippen LogP contribution in [0.3, 0.4) is 0 Å². The van der Waals surface area contributed by atoms with Gasteiger partial charge in [0, 0.05) is 18.3 Å². The van der Waals surface area contributed by atoms with Crippen LogP contribution in [0, 0.1) is 0 Å². The molecule has 1 saturated heterocycles. The molecule has 20 heavy (non-hydrogen) atoms. The number of benzene rings is 1. The van der Waals surface area contributed by atoms with Gasteiger partial charge in [0.25, 0.3) is 0 Å². The highest BCUT2D eigenvalue weighted by Crippen LogP contribution is 2.21. The number of carbonyl (C=O) groups excluding carboxylic acids is 1. The van der Waals surface area contributed by atoms with Crippen LogP contribution in [0.25, 0.3) is 0 Å². The van der Waals surface area contributed by atoms with Crippen LogP contribution in [0.4, 0.5) is 14.9 Å². The minimum atomic E-state index is -0.553. The van der Waals surface area contributed by atoms with Gasteiger partial charge in [-0.25, -0.2) is 9.18 Å². The predicted molar refractivity (Wildman–Crippen MR) is 73.7 cm³/mol. The molecule has 1 fully saturated rings. The summed E-state index contributed by atoms with van der Waals surface area (Å²) in [6, 6.07) is 6.49. The molecule has 5 nitrogen and oxygen atoms in total. The predicted octanol–water partition coefficient (Wildman–Crippen LogP) is 2.02. The van der Waals surface area contributed by atoms with Crippen molar-refractivity contribution in [3.8, 4) is 5.75 Å². The molecule has 1 aliphatic rings. The number of ether oxygens (including phenoxy) is 1. The van der Waals surface area contributed by atoms with Crippen LogP contribution in [-0.4, -0.2) is 48.5 Å². The molecule has 110 valence electrons. The molecule has 0 saturated carbocycles. The van der Waals surface area contributed by atoms with Crippen LogP contribution in [0.15, 0.2) is 24.3 Å². The maximum atomic E-state index is 12.1. The molecule has 6 heteroatoms. The zero-order valence-corrected chi connectivity index (χ0v) is 11.2. The van der Waals surface area contributed by atoms with Gasteiger partial charge in [-0.2, -0.15) is 0 Å². The lowest BCUT2D eigenvalue weighted by molar-refractivity contribution is 0.166. The van der Waals surface area contributed by atoms with Crippen molar-refractivity contribution in [2.75, 3.05) is 31.7 Å². The van der Waals surface area contributed by atoms with Gasteiger partial charge < -0.3 is 20.1 Å². The monoisotopic (exact) mass is 282 g/mol. The van der Waals surface area contributed by atoms with Crippen LogP contribution in [0.2, 0.25) is 0 Å². The van der Waals surface area contributed by atoms with E-state index in [0.29, 0.717) is 18.0 Å². The Morgan fingerprint density at radius 3 is 3.15 bits per heavy atom. The summed E-state index contributed by atoms with van der Waals surface area (Å²) in [7, 11) is 0. The van der Waals surface area contributed by atoms with Gasteiger partial charge in [0.2, 0.25) is 0 Å². The van der Waals surface area contributed by atoms with E-state index in [1.807, 2.05) is 0 Å². The summed E-state index contributed by atoms with van der Waals surface area (Å²) in [5.74, 6) is 0.514. The molecular weight excluding hydrogens is 263 g/mol. The van der Waals surface area contributed by atoms with Gasteiger partial charge in [0.05, 0.1) is 12.6 Å². The van der Waals surface area contributed by atoms with Gasteiger partial charge >= 0.3 is 6.03 Å². The largest absolute Gasteiger partial charge is 0.491 e. The summed E-state index contributed by atoms with van der Waals surface area (Å²) >= 11 is 0. The van der Waals surface area contributed by atoms with Crippen molar-refractivity contribution in [1.82, 2.24) is 4.90 Å². The summed E-state index contributed by atoms with van der Waals surface area (Å²) < 4.78 is 17.2. The van der Waals surface area contributed by atoms with Gasteiger partial charge in [-0.15, -0.1) is 0 Å².